The zero-order valence-electron chi connectivity index (χ0n) is 8.46. The van der Waals surface area contributed by atoms with Gasteiger partial charge in [-0.15, -0.1) is 11.3 Å². The van der Waals surface area contributed by atoms with Gasteiger partial charge in [-0.2, -0.15) is 11.3 Å². The molecule has 0 aliphatic rings. The number of thiophene rings is 2. The fourth-order valence-electron chi connectivity index (χ4n) is 1.84. The Morgan fingerprint density at radius 1 is 1.06 bits per heavy atom. The minimum atomic E-state index is -0.506. The third-order valence-electron chi connectivity index (χ3n) is 2.66. The van der Waals surface area contributed by atoms with E-state index < -0.39 is 6.10 Å². The smallest absolute Gasteiger partial charge is 0.106 e. The van der Waals surface area contributed by atoms with Gasteiger partial charge in [0.1, 0.15) is 6.10 Å². The molecular weight excluding hydrogens is 236 g/mol. The monoisotopic (exact) mass is 246 g/mol. The van der Waals surface area contributed by atoms with Gasteiger partial charge in [0.05, 0.1) is 0 Å². The average molecular weight is 246 g/mol. The Balaban J connectivity index is 2.15. The van der Waals surface area contributed by atoms with Gasteiger partial charge in [0.2, 0.25) is 0 Å². The van der Waals surface area contributed by atoms with Crippen LogP contribution in [0.1, 0.15) is 17.2 Å². The highest BCUT2D eigenvalue weighted by atomic mass is 32.1. The number of benzene rings is 1. The summed E-state index contributed by atoms with van der Waals surface area (Å²) >= 11 is 3.30. The van der Waals surface area contributed by atoms with Gasteiger partial charge in [-0.25, -0.2) is 0 Å². The van der Waals surface area contributed by atoms with E-state index in [1.807, 2.05) is 29.0 Å². The minimum absolute atomic E-state index is 0.506. The van der Waals surface area contributed by atoms with Gasteiger partial charge in [0.15, 0.2) is 0 Å². The van der Waals surface area contributed by atoms with Crippen LogP contribution in [0.25, 0.3) is 10.1 Å². The van der Waals surface area contributed by atoms with Crippen LogP contribution in [-0.4, -0.2) is 5.11 Å². The van der Waals surface area contributed by atoms with E-state index in [1.165, 1.54) is 10.1 Å². The lowest BCUT2D eigenvalue weighted by atomic mass is 10.0. The van der Waals surface area contributed by atoms with E-state index >= 15 is 0 Å². The molecule has 0 radical (unpaired) electrons. The van der Waals surface area contributed by atoms with Crippen LogP contribution in [0.4, 0.5) is 0 Å². The molecule has 3 heteroatoms. The molecule has 16 heavy (non-hydrogen) atoms. The molecule has 0 amide bonds. The van der Waals surface area contributed by atoms with Crippen molar-refractivity contribution in [3.05, 3.63) is 57.6 Å². The highest BCUT2D eigenvalue weighted by Gasteiger charge is 2.14. The second kappa shape index (κ2) is 4.01. The molecular formula is C13H10OS2. The third-order valence-corrected chi connectivity index (χ3v) is 4.34. The van der Waals surface area contributed by atoms with Gasteiger partial charge < -0.3 is 5.11 Å². The summed E-state index contributed by atoms with van der Waals surface area (Å²) in [7, 11) is 0. The molecule has 1 aromatic carbocycles. The summed E-state index contributed by atoms with van der Waals surface area (Å²) in [6, 6.07) is 10.1. The first-order valence-corrected chi connectivity index (χ1v) is 6.85. The maximum Gasteiger partial charge on any atom is 0.106 e. The highest BCUT2D eigenvalue weighted by Crippen LogP contribution is 2.32. The predicted octanol–water partition coefficient (Wildman–Crippen LogP) is 4.04. The number of aliphatic hydroxyl groups is 1. The predicted molar refractivity (Wildman–Crippen MR) is 70.2 cm³/mol. The molecule has 0 aliphatic carbocycles. The first-order chi connectivity index (χ1) is 7.86. The molecule has 1 unspecified atom stereocenters. The standard InChI is InChI=1S/C13H10OS2/c14-12(10-4-6-15-8-10)11-3-1-2-9-5-7-16-13(9)11/h1-8,12,14H. The number of hydrogen-bond donors (Lipinski definition) is 1. The summed E-state index contributed by atoms with van der Waals surface area (Å²) in [4.78, 5) is 0. The van der Waals surface area contributed by atoms with Crippen molar-refractivity contribution >= 4 is 32.8 Å². The molecule has 0 bridgehead atoms. The molecule has 3 aromatic rings. The Labute approximate surface area is 102 Å². The van der Waals surface area contributed by atoms with Crippen molar-refractivity contribution in [2.24, 2.45) is 0 Å². The van der Waals surface area contributed by atoms with E-state index in [-0.39, 0.29) is 0 Å². The second-order valence-electron chi connectivity index (χ2n) is 3.65. The largest absolute Gasteiger partial charge is 0.384 e. The molecule has 2 heterocycles. The van der Waals surface area contributed by atoms with Crippen molar-refractivity contribution in [3.63, 3.8) is 0 Å². The number of rotatable bonds is 2. The second-order valence-corrected chi connectivity index (χ2v) is 5.34. The fraction of sp³-hybridized carbons (Fsp3) is 0.0769. The molecule has 1 atom stereocenters. The van der Waals surface area contributed by atoms with Crippen molar-refractivity contribution in [2.75, 3.05) is 0 Å². The van der Waals surface area contributed by atoms with E-state index in [0.717, 1.165) is 11.1 Å². The molecule has 0 saturated heterocycles. The minimum Gasteiger partial charge on any atom is -0.384 e. The van der Waals surface area contributed by atoms with Crippen LogP contribution >= 0.6 is 22.7 Å². The van der Waals surface area contributed by atoms with E-state index in [9.17, 15) is 5.11 Å². The Hall–Kier alpha value is -1.16. The van der Waals surface area contributed by atoms with Crippen LogP contribution in [-0.2, 0) is 0 Å². The van der Waals surface area contributed by atoms with Crippen LogP contribution < -0.4 is 0 Å². The summed E-state index contributed by atoms with van der Waals surface area (Å²) < 4.78 is 1.18. The summed E-state index contributed by atoms with van der Waals surface area (Å²) in [6.07, 6.45) is -0.506. The summed E-state index contributed by atoms with van der Waals surface area (Å²) in [6.45, 7) is 0. The molecule has 3 rings (SSSR count). The SMILES string of the molecule is OC(c1ccsc1)c1cccc2ccsc12. The fourth-order valence-corrected chi connectivity index (χ4v) is 3.46. The average Bonchev–Trinajstić information content (AvgIpc) is 2.98. The summed E-state index contributed by atoms with van der Waals surface area (Å²) in [5.41, 5.74) is 1.98. The van der Waals surface area contributed by atoms with E-state index in [1.54, 1.807) is 22.7 Å². The summed E-state index contributed by atoms with van der Waals surface area (Å²) in [5, 5.41) is 17.6. The lowest BCUT2D eigenvalue weighted by molar-refractivity contribution is 0.222. The summed E-state index contributed by atoms with van der Waals surface area (Å²) in [5.74, 6) is 0. The van der Waals surface area contributed by atoms with Crippen LogP contribution in [0, 0.1) is 0 Å². The van der Waals surface area contributed by atoms with Crippen molar-refractivity contribution < 1.29 is 5.11 Å². The normalized spacial score (nSPS) is 13.1. The molecule has 0 spiro atoms. The molecule has 1 nitrogen and oxygen atoms in total. The Bertz CT molecular complexity index is 595. The van der Waals surface area contributed by atoms with Gasteiger partial charge >= 0.3 is 0 Å². The van der Waals surface area contributed by atoms with Gasteiger partial charge in [0, 0.05) is 10.3 Å². The maximum absolute atomic E-state index is 10.3. The molecule has 1 N–H and O–H groups in total. The zero-order valence-corrected chi connectivity index (χ0v) is 10.1. The van der Waals surface area contributed by atoms with Crippen LogP contribution in [0.3, 0.4) is 0 Å². The van der Waals surface area contributed by atoms with E-state index in [0.29, 0.717) is 0 Å². The van der Waals surface area contributed by atoms with Crippen LogP contribution in [0.2, 0.25) is 0 Å². The van der Waals surface area contributed by atoms with Crippen LogP contribution in [0.5, 0.6) is 0 Å². The quantitative estimate of drug-likeness (QED) is 0.723. The van der Waals surface area contributed by atoms with Crippen LogP contribution in [0.15, 0.2) is 46.5 Å². The van der Waals surface area contributed by atoms with E-state index in [4.69, 9.17) is 0 Å². The Kier molecular flexibility index (Phi) is 2.52. The van der Waals surface area contributed by atoms with Crippen molar-refractivity contribution in [1.29, 1.82) is 0 Å². The van der Waals surface area contributed by atoms with Gasteiger partial charge in [0.25, 0.3) is 0 Å². The maximum atomic E-state index is 10.3. The van der Waals surface area contributed by atoms with Crippen molar-refractivity contribution in [2.45, 2.75) is 6.10 Å². The zero-order chi connectivity index (χ0) is 11.0. The lowest BCUT2D eigenvalue weighted by Crippen LogP contribution is -1.97. The van der Waals surface area contributed by atoms with E-state index in [2.05, 4.69) is 17.5 Å². The third kappa shape index (κ3) is 1.57. The van der Waals surface area contributed by atoms with Crippen molar-refractivity contribution in [1.82, 2.24) is 0 Å². The van der Waals surface area contributed by atoms with Gasteiger partial charge in [-0.1, -0.05) is 18.2 Å². The van der Waals surface area contributed by atoms with Crippen molar-refractivity contribution in [3.8, 4) is 0 Å². The Morgan fingerprint density at radius 2 is 2.00 bits per heavy atom. The van der Waals surface area contributed by atoms with Gasteiger partial charge in [-0.3, -0.25) is 0 Å². The van der Waals surface area contributed by atoms with Gasteiger partial charge in [-0.05, 0) is 39.2 Å². The number of hydrogen-bond acceptors (Lipinski definition) is 3. The number of aliphatic hydroxyl groups excluding tert-OH is 1. The Morgan fingerprint density at radius 3 is 2.81 bits per heavy atom. The molecule has 0 fully saturated rings. The molecule has 80 valence electrons. The highest BCUT2D eigenvalue weighted by molar-refractivity contribution is 7.17. The molecule has 0 saturated carbocycles. The number of fused-ring (bicyclic) bond motifs is 1. The first-order valence-electron chi connectivity index (χ1n) is 5.02. The topological polar surface area (TPSA) is 20.2 Å². The molecule has 0 aliphatic heterocycles. The first kappa shape index (κ1) is 10.0. The lowest BCUT2D eigenvalue weighted by Gasteiger charge is -2.10. The molecule has 2 aromatic heterocycles.